The molecule has 1 N–H and O–H groups in total. The molecule has 7 nitrogen and oxygen atoms in total. The number of amides is 2. The molecule has 0 atom stereocenters. The molecule has 2 fully saturated rings. The highest BCUT2D eigenvalue weighted by Gasteiger charge is 2.34. The van der Waals surface area contributed by atoms with E-state index in [9.17, 15) is 9.59 Å². The van der Waals surface area contributed by atoms with E-state index in [2.05, 4.69) is 10.4 Å². The molecule has 0 unspecified atom stereocenters. The van der Waals surface area contributed by atoms with Crippen molar-refractivity contribution in [3.8, 4) is 0 Å². The number of anilines is 1. The van der Waals surface area contributed by atoms with Crippen LogP contribution in [-0.4, -0.2) is 38.4 Å². The van der Waals surface area contributed by atoms with Gasteiger partial charge in [-0.05, 0) is 44.7 Å². The van der Waals surface area contributed by atoms with E-state index in [1.165, 1.54) is 10.2 Å². The van der Waals surface area contributed by atoms with E-state index in [-0.39, 0.29) is 17.6 Å². The lowest BCUT2D eigenvalue weighted by Crippen LogP contribution is -2.41. The zero-order valence-corrected chi connectivity index (χ0v) is 15.3. The minimum Gasteiger partial charge on any atom is -0.324 e. The molecule has 138 valence electrons. The summed E-state index contributed by atoms with van der Waals surface area (Å²) in [6, 6.07) is 8.08. The maximum Gasteiger partial charge on any atom is 0.345 e. The van der Waals surface area contributed by atoms with Gasteiger partial charge in [0.2, 0.25) is 0 Å². The van der Waals surface area contributed by atoms with Gasteiger partial charge in [0, 0.05) is 37.8 Å². The van der Waals surface area contributed by atoms with Crippen molar-refractivity contribution in [1.29, 1.82) is 0 Å². The largest absolute Gasteiger partial charge is 0.345 e. The Bertz CT molecular complexity index is 855. The van der Waals surface area contributed by atoms with Gasteiger partial charge in [-0.15, -0.1) is 0 Å². The fraction of sp³-hybridized carbons (Fsp3) is 0.526. The number of piperidine rings is 1. The van der Waals surface area contributed by atoms with E-state index in [1.54, 1.807) is 7.05 Å². The van der Waals surface area contributed by atoms with Crippen LogP contribution in [0.3, 0.4) is 0 Å². The lowest BCUT2D eigenvalue weighted by atomic mass is 9.96. The maximum atomic E-state index is 12.5. The van der Waals surface area contributed by atoms with Gasteiger partial charge >= 0.3 is 11.7 Å². The zero-order chi connectivity index (χ0) is 18.3. The molecule has 2 amide bonds. The number of benzene rings is 1. The smallest absolute Gasteiger partial charge is 0.324 e. The first-order valence-corrected chi connectivity index (χ1v) is 9.31. The van der Waals surface area contributed by atoms with Crippen molar-refractivity contribution in [3.63, 3.8) is 0 Å². The molecule has 1 saturated carbocycles. The van der Waals surface area contributed by atoms with Crippen LogP contribution in [0.25, 0.3) is 0 Å². The van der Waals surface area contributed by atoms with E-state index < -0.39 is 0 Å². The summed E-state index contributed by atoms with van der Waals surface area (Å²) in [4.78, 5) is 26.6. The number of nitrogens with one attached hydrogen (secondary N) is 1. The number of nitrogens with zero attached hydrogens (tertiary/aromatic N) is 4. The average molecular weight is 355 g/mol. The van der Waals surface area contributed by atoms with Gasteiger partial charge in [0.05, 0.1) is 0 Å². The Hall–Kier alpha value is -2.57. The number of likely N-dealkylation sites (tertiary alicyclic amines) is 1. The summed E-state index contributed by atoms with van der Waals surface area (Å²) < 4.78 is 3.33. The number of hydrogen-bond donors (Lipinski definition) is 1. The quantitative estimate of drug-likeness (QED) is 0.920. The molecule has 2 aliphatic rings. The van der Waals surface area contributed by atoms with Crippen molar-refractivity contribution in [2.45, 2.75) is 44.6 Å². The van der Waals surface area contributed by atoms with Gasteiger partial charge in [0.1, 0.15) is 5.82 Å². The van der Waals surface area contributed by atoms with Crippen LogP contribution in [0.2, 0.25) is 0 Å². The number of aryl methyl sites for hydroxylation is 2. The first-order chi connectivity index (χ1) is 12.5. The molecule has 1 aliphatic carbocycles. The lowest BCUT2D eigenvalue weighted by Gasteiger charge is -2.31. The summed E-state index contributed by atoms with van der Waals surface area (Å²) in [6.07, 6.45) is 3.81. The van der Waals surface area contributed by atoms with Crippen molar-refractivity contribution in [2.75, 3.05) is 18.4 Å². The van der Waals surface area contributed by atoms with Crippen molar-refractivity contribution >= 4 is 11.7 Å². The number of urea groups is 1. The van der Waals surface area contributed by atoms with E-state index in [4.69, 9.17) is 0 Å². The summed E-state index contributed by atoms with van der Waals surface area (Å²) in [5.41, 5.74) is 1.97. The molecule has 0 spiro atoms. The Kier molecular flexibility index (Phi) is 4.30. The third-order valence-electron chi connectivity index (χ3n) is 5.34. The molecule has 2 heterocycles. The summed E-state index contributed by atoms with van der Waals surface area (Å²) in [6.45, 7) is 3.38. The van der Waals surface area contributed by atoms with Gasteiger partial charge in [-0.3, -0.25) is 4.57 Å². The maximum absolute atomic E-state index is 12.5. The summed E-state index contributed by atoms with van der Waals surface area (Å²) in [5.74, 6) is 1.14. The molecule has 0 bridgehead atoms. The molecule has 1 aromatic carbocycles. The van der Waals surface area contributed by atoms with Crippen molar-refractivity contribution in [3.05, 3.63) is 46.1 Å². The Morgan fingerprint density at radius 1 is 1.12 bits per heavy atom. The third-order valence-corrected chi connectivity index (χ3v) is 5.34. The molecule has 4 rings (SSSR count). The van der Waals surface area contributed by atoms with Crippen LogP contribution in [0.15, 0.2) is 29.1 Å². The minimum absolute atomic E-state index is 0.0120. The van der Waals surface area contributed by atoms with Crippen LogP contribution < -0.4 is 11.0 Å². The normalized spacial score (nSPS) is 18.2. The third kappa shape index (κ3) is 3.25. The summed E-state index contributed by atoms with van der Waals surface area (Å²) in [7, 11) is 1.72. The second-order valence-electron chi connectivity index (χ2n) is 7.42. The SMILES string of the molecule is Cc1ccc(NC(=O)N2CCC(c3nn(C)c(=O)n3C3CC3)CC2)cc1. The van der Waals surface area contributed by atoms with Crippen LogP contribution in [0.4, 0.5) is 10.5 Å². The van der Waals surface area contributed by atoms with E-state index in [0.717, 1.165) is 37.2 Å². The Balaban J connectivity index is 1.40. The van der Waals surface area contributed by atoms with Gasteiger partial charge in [0.25, 0.3) is 0 Å². The Labute approximate surface area is 152 Å². The van der Waals surface area contributed by atoms with Gasteiger partial charge in [-0.2, -0.15) is 5.10 Å². The molecule has 2 aromatic rings. The van der Waals surface area contributed by atoms with Gasteiger partial charge < -0.3 is 10.2 Å². The van der Waals surface area contributed by atoms with Crippen molar-refractivity contribution < 1.29 is 4.79 Å². The van der Waals surface area contributed by atoms with Crippen LogP contribution in [0.5, 0.6) is 0 Å². The number of carbonyl (C=O) groups is 1. The number of aromatic nitrogens is 3. The lowest BCUT2D eigenvalue weighted by molar-refractivity contribution is 0.192. The zero-order valence-electron chi connectivity index (χ0n) is 15.3. The highest BCUT2D eigenvalue weighted by molar-refractivity contribution is 5.89. The highest BCUT2D eigenvalue weighted by atomic mass is 16.2. The van der Waals surface area contributed by atoms with Crippen LogP contribution >= 0.6 is 0 Å². The molecular weight excluding hydrogens is 330 g/mol. The number of carbonyl (C=O) groups excluding carboxylic acids is 1. The molecular formula is C19H25N5O2. The van der Waals surface area contributed by atoms with Crippen molar-refractivity contribution in [1.82, 2.24) is 19.2 Å². The molecule has 1 saturated heterocycles. The van der Waals surface area contributed by atoms with Gasteiger partial charge in [-0.1, -0.05) is 17.7 Å². The number of hydrogen-bond acceptors (Lipinski definition) is 3. The van der Waals surface area contributed by atoms with E-state index in [0.29, 0.717) is 19.1 Å². The fourth-order valence-electron chi connectivity index (χ4n) is 3.63. The predicted octanol–water partition coefficient (Wildman–Crippen LogP) is 2.64. The fourth-order valence-corrected chi connectivity index (χ4v) is 3.63. The highest BCUT2D eigenvalue weighted by Crippen LogP contribution is 2.37. The van der Waals surface area contributed by atoms with E-state index in [1.807, 2.05) is 40.7 Å². The molecule has 1 aliphatic heterocycles. The summed E-state index contributed by atoms with van der Waals surface area (Å²) in [5, 5.41) is 7.45. The van der Waals surface area contributed by atoms with Gasteiger partial charge in [0.15, 0.2) is 0 Å². The molecule has 1 aromatic heterocycles. The first kappa shape index (κ1) is 16.9. The van der Waals surface area contributed by atoms with Crippen LogP contribution in [0, 0.1) is 6.92 Å². The predicted molar refractivity (Wildman–Crippen MR) is 99.5 cm³/mol. The topological polar surface area (TPSA) is 72.2 Å². The second-order valence-corrected chi connectivity index (χ2v) is 7.42. The minimum atomic E-state index is -0.0621. The number of rotatable bonds is 3. The Morgan fingerprint density at radius 2 is 1.77 bits per heavy atom. The Morgan fingerprint density at radius 3 is 2.38 bits per heavy atom. The van der Waals surface area contributed by atoms with Crippen LogP contribution in [-0.2, 0) is 7.05 Å². The molecule has 0 radical (unpaired) electrons. The van der Waals surface area contributed by atoms with E-state index >= 15 is 0 Å². The molecule has 7 heteroatoms. The second kappa shape index (κ2) is 6.63. The first-order valence-electron chi connectivity index (χ1n) is 9.31. The van der Waals surface area contributed by atoms with Crippen LogP contribution in [0.1, 0.15) is 49.0 Å². The molecule has 26 heavy (non-hydrogen) atoms. The summed E-state index contributed by atoms with van der Waals surface area (Å²) >= 11 is 0. The van der Waals surface area contributed by atoms with Gasteiger partial charge in [-0.25, -0.2) is 14.3 Å². The van der Waals surface area contributed by atoms with Crippen molar-refractivity contribution in [2.24, 2.45) is 7.05 Å². The average Bonchev–Trinajstić information content (AvgIpc) is 3.43. The standard InChI is InChI=1S/C19H25N5O2/c1-13-3-5-15(6-4-13)20-18(25)23-11-9-14(10-12-23)17-21-22(2)19(26)24(17)16-7-8-16/h3-6,14,16H,7-12H2,1-2H3,(H,20,25). The monoisotopic (exact) mass is 355 g/mol.